The van der Waals surface area contributed by atoms with Gasteiger partial charge in [0.25, 0.3) is 0 Å². The van der Waals surface area contributed by atoms with E-state index in [0.29, 0.717) is 0 Å². The summed E-state index contributed by atoms with van der Waals surface area (Å²) >= 11 is 0. The van der Waals surface area contributed by atoms with Crippen molar-refractivity contribution in [3.05, 3.63) is 12.2 Å². The molecule has 0 aliphatic rings. The molecule has 0 aromatic carbocycles. The smallest absolute Gasteiger partial charge is 0.332 e. The SMILES string of the molecule is COC(=O)/C=C/C(=O)OCNC(C)=O. The van der Waals surface area contributed by atoms with Crippen LogP contribution in [0, 0.1) is 0 Å². The number of rotatable bonds is 4. The Hall–Kier alpha value is -1.85. The Bertz CT molecular complexity index is 258. The van der Waals surface area contributed by atoms with Crippen molar-refractivity contribution in [2.45, 2.75) is 6.92 Å². The van der Waals surface area contributed by atoms with Gasteiger partial charge in [0.15, 0.2) is 6.73 Å². The fourth-order valence-corrected chi connectivity index (χ4v) is 0.461. The average molecular weight is 201 g/mol. The summed E-state index contributed by atoms with van der Waals surface area (Å²) < 4.78 is 8.72. The minimum atomic E-state index is -0.732. The van der Waals surface area contributed by atoms with Crippen LogP contribution in [0.2, 0.25) is 0 Å². The van der Waals surface area contributed by atoms with Gasteiger partial charge in [-0.3, -0.25) is 4.79 Å². The zero-order valence-electron chi connectivity index (χ0n) is 7.90. The molecular weight excluding hydrogens is 190 g/mol. The molecule has 6 nitrogen and oxygen atoms in total. The van der Waals surface area contributed by atoms with Crippen LogP contribution in [0.15, 0.2) is 12.2 Å². The predicted octanol–water partition coefficient (Wildman–Crippen LogP) is -0.648. The zero-order chi connectivity index (χ0) is 11.0. The highest BCUT2D eigenvalue weighted by Gasteiger charge is 1.99. The predicted molar refractivity (Wildman–Crippen MR) is 45.9 cm³/mol. The average Bonchev–Trinajstić information content (AvgIpc) is 2.13. The van der Waals surface area contributed by atoms with Crippen molar-refractivity contribution in [2.75, 3.05) is 13.8 Å². The molecule has 0 aliphatic carbocycles. The van der Waals surface area contributed by atoms with Gasteiger partial charge in [-0.25, -0.2) is 9.59 Å². The molecule has 0 fully saturated rings. The Morgan fingerprint density at radius 2 is 1.79 bits per heavy atom. The van der Waals surface area contributed by atoms with E-state index in [0.717, 1.165) is 12.2 Å². The molecule has 0 rings (SSSR count). The van der Waals surface area contributed by atoms with Crippen LogP contribution in [0.1, 0.15) is 6.92 Å². The molecule has 1 amide bonds. The third-order valence-electron chi connectivity index (χ3n) is 1.09. The monoisotopic (exact) mass is 201 g/mol. The molecule has 0 heterocycles. The molecule has 0 aromatic rings. The zero-order valence-corrected chi connectivity index (χ0v) is 7.90. The number of amides is 1. The van der Waals surface area contributed by atoms with Crippen molar-refractivity contribution in [3.63, 3.8) is 0 Å². The normalized spacial score (nSPS) is 9.57. The van der Waals surface area contributed by atoms with Gasteiger partial charge < -0.3 is 14.8 Å². The first-order valence-corrected chi connectivity index (χ1v) is 3.73. The molecule has 0 unspecified atom stereocenters. The van der Waals surface area contributed by atoms with Crippen molar-refractivity contribution in [3.8, 4) is 0 Å². The standard InChI is InChI=1S/C8H11NO5/c1-6(10)9-5-14-8(12)4-3-7(11)13-2/h3-4H,5H2,1-2H3,(H,9,10)/b4-3+. The van der Waals surface area contributed by atoms with Gasteiger partial charge in [0.05, 0.1) is 7.11 Å². The van der Waals surface area contributed by atoms with Gasteiger partial charge in [0.2, 0.25) is 5.91 Å². The lowest BCUT2D eigenvalue weighted by atomic mass is 10.5. The number of ether oxygens (including phenoxy) is 2. The Labute approximate surface area is 80.9 Å². The van der Waals surface area contributed by atoms with Gasteiger partial charge in [-0.2, -0.15) is 0 Å². The van der Waals surface area contributed by atoms with Crippen LogP contribution in [0.3, 0.4) is 0 Å². The van der Waals surface area contributed by atoms with Crippen LogP contribution in [0.5, 0.6) is 0 Å². The van der Waals surface area contributed by atoms with Crippen LogP contribution < -0.4 is 5.32 Å². The molecule has 78 valence electrons. The van der Waals surface area contributed by atoms with E-state index >= 15 is 0 Å². The lowest BCUT2D eigenvalue weighted by molar-refractivity contribution is -0.140. The third-order valence-corrected chi connectivity index (χ3v) is 1.09. The largest absolute Gasteiger partial charge is 0.466 e. The first-order valence-electron chi connectivity index (χ1n) is 3.73. The van der Waals surface area contributed by atoms with Crippen molar-refractivity contribution in [1.82, 2.24) is 5.32 Å². The van der Waals surface area contributed by atoms with E-state index in [9.17, 15) is 14.4 Å². The molecule has 14 heavy (non-hydrogen) atoms. The minimum absolute atomic E-state index is 0.223. The molecule has 6 heteroatoms. The highest BCUT2D eigenvalue weighted by Crippen LogP contribution is 1.82. The van der Waals surface area contributed by atoms with Gasteiger partial charge in [0, 0.05) is 19.1 Å². The van der Waals surface area contributed by atoms with Crippen molar-refractivity contribution in [1.29, 1.82) is 0 Å². The first kappa shape index (κ1) is 12.2. The number of carbonyl (C=O) groups excluding carboxylic acids is 3. The van der Waals surface area contributed by atoms with Crippen LogP contribution in [0.25, 0.3) is 0 Å². The topological polar surface area (TPSA) is 81.7 Å². The van der Waals surface area contributed by atoms with Gasteiger partial charge in [0.1, 0.15) is 0 Å². The number of esters is 2. The number of hydrogen-bond donors (Lipinski definition) is 1. The fraction of sp³-hybridized carbons (Fsp3) is 0.375. The molecule has 0 radical (unpaired) electrons. The van der Waals surface area contributed by atoms with E-state index < -0.39 is 11.9 Å². The summed E-state index contributed by atoms with van der Waals surface area (Å²) in [6, 6.07) is 0. The van der Waals surface area contributed by atoms with Gasteiger partial charge in [-0.05, 0) is 0 Å². The summed E-state index contributed by atoms with van der Waals surface area (Å²) in [4.78, 5) is 31.6. The van der Waals surface area contributed by atoms with E-state index in [1.807, 2.05) is 0 Å². The molecule has 1 N–H and O–H groups in total. The maximum absolute atomic E-state index is 10.8. The second kappa shape index (κ2) is 6.64. The molecule has 0 aromatic heterocycles. The van der Waals surface area contributed by atoms with Crippen LogP contribution >= 0.6 is 0 Å². The molecular formula is C8H11NO5. The Balaban J connectivity index is 3.70. The van der Waals surface area contributed by atoms with Gasteiger partial charge in [-0.15, -0.1) is 0 Å². The summed E-state index contributed by atoms with van der Waals surface area (Å²) in [5, 5.41) is 2.25. The Kier molecular flexibility index (Phi) is 5.77. The molecule has 0 saturated heterocycles. The molecule has 0 atom stereocenters. The van der Waals surface area contributed by atoms with Crippen LogP contribution in [0.4, 0.5) is 0 Å². The van der Waals surface area contributed by atoms with Crippen LogP contribution in [-0.2, 0) is 23.9 Å². The second-order valence-corrected chi connectivity index (χ2v) is 2.20. The number of nitrogens with one attached hydrogen (secondary N) is 1. The maximum atomic E-state index is 10.8. The van der Waals surface area contributed by atoms with Crippen LogP contribution in [-0.4, -0.2) is 31.7 Å². The third kappa shape index (κ3) is 6.84. The molecule has 0 aliphatic heterocycles. The van der Waals surface area contributed by atoms with E-state index in [2.05, 4.69) is 14.8 Å². The van der Waals surface area contributed by atoms with E-state index in [1.165, 1.54) is 14.0 Å². The number of methoxy groups -OCH3 is 1. The lowest BCUT2D eigenvalue weighted by Crippen LogP contribution is -2.24. The summed E-state index contributed by atoms with van der Waals surface area (Å²) in [5.41, 5.74) is 0. The second-order valence-electron chi connectivity index (χ2n) is 2.20. The minimum Gasteiger partial charge on any atom is -0.466 e. The van der Waals surface area contributed by atoms with E-state index in [-0.39, 0.29) is 12.6 Å². The molecule has 0 bridgehead atoms. The molecule has 0 saturated carbocycles. The fourth-order valence-electron chi connectivity index (χ4n) is 0.461. The van der Waals surface area contributed by atoms with Gasteiger partial charge >= 0.3 is 11.9 Å². The maximum Gasteiger partial charge on any atom is 0.332 e. The Morgan fingerprint density at radius 3 is 2.29 bits per heavy atom. The summed E-state index contributed by atoms with van der Waals surface area (Å²) in [5.74, 6) is -1.69. The lowest BCUT2D eigenvalue weighted by Gasteiger charge is -2.00. The summed E-state index contributed by atoms with van der Waals surface area (Å²) in [6.45, 7) is 1.07. The highest BCUT2D eigenvalue weighted by molar-refractivity contribution is 5.91. The highest BCUT2D eigenvalue weighted by atomic mass is 16.5. The van der Waals surface area contributed by atoms with Crippen molar-refractivity contribution in [2.24, 2.45) is 0 Å². The molecule has 0 spiro atoms. The number of hydrogen-bond acceptors (Lipinski definition) is 5. The summed E-state index contributed by atoms with van der Waals surface area (Å²) in [6.07, 6.45) is 1.84. The van der Waals surface area contributed by atoms with E-state index in [4.69, 9.17) is 0 Å². The van der Waals surface area contributed by atoms with E-state index in [1.54, 1.807) is 0 Å². The number of carbonyl (C=O) groups is 3. The van der Waals surface area contributed by atoms with Crippen molar-refractivity contribution < 1.29 is 23.9 Å². The quantitative estimate of drug-likeness (QED) is 0.371. The van der Waals surface area contributed by atoms with Crippen molar-refractivity contribution >= 4 is 17.8 Å². The Morgan fingerprint density at radius 1 is 1.21 bits per heavy atom. The first-order chi connectivity index (χ1) is 6.56. The van der Waals surface area contributed by atoms with Gasteiger partial charge in [-0.1, -0.05) is 0 Å². The summed E-state index contributed by atoms with van der Waals surface area (Å²) in [7, 11) is 1.19.